The van der Waals surface area contributed by atoms with Crippen LogP contribution in [0.3, 0.4) is 0 Å². The van der Waals surface area contributed by atoms with Crippen LogP contribution < -0.4 is 34.3 Å². The maximum atomic E-state index is 14.0. The van der Waals surface area contributed by atoms with E-state index < -0.39 is 6.17 Å². The van der Waals surface area contributed by atoms with E-state index in [0.717, 1.165) is 10.8 Å². The van der Waals surface area contributed by atoms with Crippen molar-refractivity contribution in [1.82, 2.24) is 0 Å². The summed E-state index contributed by atoms with van der Waals surface area (Å²) in [5, 5.41) is 4.97. The Bertz CT molecular complexity index is 698. The van der Waals surface area contributed by atoms with Crippen molar-refractivity contribution in [3.05, 3.63) is 68.4 Å². The molecule has 0 aliphatic heterocycles. The number of alkyl halides is 1. The molecule has 1 atom stereocenters. The second-order valence-corrected chi connectivity index (χ2v) is 3.90. The molecule has 2 aromatic rings. The molecule has 0 aliphatic carbocycles. The molecule has 2 aromatic carbocycles. The fourth-order valence-corrected chi connectivity index (χ4v) is 1.88. The molecule has 0 saturated carbocycles. The fraction of sp³-hybridized carbons (Fsp3) is 0.231. The van der Waals surface area contributed by atoms with Gasteiger partial charge >= 0.3 is 29.6 Å². The van der Waals surface area contributed by atoms with Gasteiger partial charge in [0.1, 0.15) is 11.9 Å². The summed E-state index contributed by atoms with van der Waals surface area (Å²) in [5.74, 6) is 0.672. The molecule has 0 heterocycles. The van der Waals surface area contributed by atoms with Crippen LogP contribution in [0.2, 0.25) is 0 Å². The van der Waals surface area contributed by atoms with E-state index >= 15 is 0 Å². The Morgan fingerprint density at radius 1 is 1.23 bits per heavy atom. The Kier molecular flexibility index (Phi) is 9.78. The Morgan fingerprint density at radius 2 is 1.91 bits per heavy atom. The third-order valence-corrected chi connectivity index (χ3v) is 2.77. The smallest absolute Gasteiger partial charge is 0.497 e. The van der Waals surface area contributed by atoms with Crippen molar-refractivity contribution >= 4 is 10.8 Å². The second kappa shape index (κ2) is 10.7. The van der Waals surface area contributed by atoms with E-state index in [2.05, 4.69) is 10.0 Å². The summed E-state index contributed by atoms with van der Waals surface area (Å²) in [4.78, 5) is 4.08. The first kappa shape index (κ1) is 20.1. The zero-order chi connectivity index (χ0) is 15.7. The van der Waals surface area contributed by atoms with E-state index in [0.29, 0.717) is 11.3 Å². The van der Waals surface area contributed by atoms with Crippen molar-refractivity contribution in [2.45, 2.75) is 6.17 Å². The van der Waals surface area contributed by atoms with Crippen molar-refractivity contribution in [3.8, 4) is 5.75 Å². The van der Waals surface area contributed by atoms with Crippen molar-refractivity contribution in [2.24, 2.45) is 5.11 Å². The molecule has 108 valence electrons. The fourth-order valence-electron chi connectivity index (χ4n) is 1.88. The van der Waals surface area contributed by atoms with Crippen LogP contribution in [-0.2, 0) is 0 Å². The molecule has 0 N–H and O–H groups in total. The van der Waals surface area contributed by atoms with Gasteiger partial charge in [-0.2, -0.15) is 0 Å². The van der Waals surface area contributed by atoms with Gasteiger partial charge in [-0.1, -0.05) is 29.4 Å². The topological polar surface area (TPSA) is 117 Å². The standard InChI is InChI=1S/C13H12FN3O.N3.Na/c1-18-10-6-5-9-3-2-4-11(12(9)7-10)13(14)8-16-17-15;1-3-2;/h2-7,13H,8H2,1H3;;/q;-1;+1. The van der Waals surface area contributed by atoms with Crippen LogP contribution in [0.5, 0.6) is 5.75 Å². The minimum absolute atomic E-state index is 0. The van der Waals surface area contributed by atoms with Gasteiger partial charge < -0.3 is 15.8 Å². The van der Waals surface area contributed by atoms with Crippen LogP contribution in [0, 0.1) is 0 Å². The van der Waals surface area contributed by atoms with E-state index in [9.17, 15) is 4.39 Å². The van der Waals surface area contributed by atoms with Crippen LogP contribution in [0.1, 0.15) is 11.7 Å². The number of halogens is 1. The predicted molar refractivity (Wildman–Crippen MR) is 78.4 cm³/mol. The largest absolute Gasteiger partial charge is 1.00 e. The summed E-state index contributed by atoms with van der Waals surface area (Å²) in [5.41, 5.74) is 22.2. The number of fused-ring (bicyclic) bond motifs is 1. The van der Waals surface area contributed by atoms with Crippen molar-refractivity contribution < 1.29 is 38.7 Å². The molecule has 0 aromatic heterocycles. The quantitative estimate of drug-likeness (QED) is 0.365. The van der Waals surface area contributed by atoms with E-state index in [1.807, 2.05) is 18.2 Å². The molecule has 7 nitrogen and oxygen atoms in total. The summed E-state index contributed by atoms with van der Waals surface area (Å²) in [6, 6.07) is 10.9. The average molecular weight is 310 g/mol. The first-order valence-electron chi connectivity index (χ1n) is 5.88. The van der Waals surface area contributed by atoms with E-state index in [-0.39, 0.29) is 36.1 Å². The number of ether oxygens (including phenoxy) is 1. The van der Waals surface area contributed by atoms with Gasteiger partial charge in [-0.05, 0) is 34.0 Å². The third-order valence-electron chi connectivity index (χ3n) is 2.77. The van der Waals surface area contributed by atoms with Gasteiger partial charge in [0.15, 0.2) is 0 Å². The van der Waals surface area contributed by atoms with Crippen LogP contribution in [0.15, 0.2) is 41.5 Å². The molecule has 22 heavy (non-hydrogen) atoms. The third kappa shape index (κ3) is 5.44. The molecule has 0 bridgehead atoms. The van der Waals surface area contributed by atoms with E-state index in [1.165, 1.54) is 4.91 Å². The summed E-state index contributed by atoms with van der Waals surface area (Å²) >= 11 is 0. The van der Waals surface area contributed by atoms with Gasteiger partial charge in [-0.15, -0.1) is 0 Å². The Morgan fingerprint density at radius 3 is 2.50 bits per heavy atom. The first-order valence-corrected chi connectivity index (χ1v) is 5.88. The predicted octanol–water partition coefficient (Wildman–Crippen LogP) is 2.04. The maximum Gasteiger partial charge on any atom is 1.00 e. The summed E-state index contributed by atoms with van der Waals surface area (Å²) < 4.78 is 19.1. The molecule has 0 saturated heterocycles. The number of benzene rings is 2. The number of hydrogen-bond donors (Lipinski definition) is 0. The number of azide groups is 1. The summed E-state index contributed by atoms with van der Waals surface area (Å²) in [6.07, 6.45) is -1.31. The minimum atomic E-state index is -1.31. The SMILES string of the molecule is COc1ccc2cccc(C(F)CN=[N+]=[N-])c2c1.[N-]=[N+]=[N-].[Na+]. The maximum absolute atomic E-state index is 14.0. The average Bonchev–Trinajstić information content (AvgIpc) is 2.52. The monoisotopic (exact) mass is 310 g/mol. The van der Waals surface area contributed by atoms with Crippen LogP contribution in [-0.4, -0.2) is 13.7 Å². The molecule has 0 aliphatic rings. The van der Waals surface area contributed by atoms with E-state index in [1.54, 1.807) is 25.3 Å². The number of rotatable bonds is 4. The number of methoxy groups -OCH3 is 1. The van der Waals surface area contributed by atoms with Gasteiger partial charge in [0.05, 0.1) is 13.7 Å². The molecule has 0 spiro atoms. The van der Waals surface area contributed by atoms with Gasteiger partial charge in [0, 0.05) is 4.91 Å². The van der Waals surface area contributed by atoms with Gasteiger partial charge in [-0.3, -0.25) is 4.91 Å². The molecule has 9 heteroatoms. The molecular weight excluding hydrogens is 298 g/mol. The normalized spacial score (nSPS) is 10.1. The van der Waals surface area contributed by atoms with Crippen molar-refractivity contribution in [2.75, 3.05) is 13.7 Å². The Hall–Kier alpha value is -1.95. The van der Waals surface area contributed by atoms with Crippen molar-refractivity contribution in [3.63, 3.8) is 0 Å². The van der Waals surface area contributed by atoms with Gasteiger partial charge in [-0.25, -0.2) is 4.39 Å². The molecule has 0 amide bonds. The van der Waals surface area contributed by atoms with Crippen LogP contribution in [0.25, 0.3) is 37.2 Å². The molecule has 2 rings (SSSR count). The van der Waals surface area contributed by atoms with Gasteiger partial charge in [0.2, 0.25) is 0 Å². The second-order valence-electron chi connectivity index (χ2n) is 3.90. The summed E-state index contributed by atoms with van der Waals surface area (Å²) in [6.45, 7) is -0.202. The van der Waals surface area contributed by atoms with E-state index in [4.69, 9.17) is 21.3 Å². The first-order chi connectivity index (χ1) is 10.2. The molecule has 0 radical (unpaired) electrons. The van der Waals surface area contributed by atoms with Gasteiger partial charge in [0.25, 0.3) is 0 Å². The molecular formula is C13H12FN6NaO. The van der Waals surface area contributed by atoms with Crippen molar-refractivity contribution in [1.29, 1.82) is 0 Å². The Balaban J connectivity index is 0.00000102. The molecule has 1 unspecified atom stereocenters. The molecule has 0 fully saturated rings. The van der Waals surface area contributed by atoms with Crippen LogP contribution in [0.4, 0.5) is 4.39 Å². The zero-order valence-corrected chi connectivity index (χ0v) is 14.2. The number of nitrogens with zero attached hydrogens (tertiary/aromatic N) is 6. The Labute approximate surface area is 148 Å². The zero-order valence-electron chi connectivity index (χ0n) is 12.2. The van der Waals surface area contributed by atoms with Crippen LogP contribution >= 0.6 is 0 Å². The minimum Gasteiger partial charge on any atom is -0.497 e. The summed E-state index contributed by atoms with van der Waals surface area (Å²) in [7, 11) is 1.57. The number of hydrogen-bond acceptors (Lipinski definition) is 2.